The number of fused-ring (bicyclic) bond motifs is 1. The van der Waals surface area contributed by atoms with Crippen LogP contribution in [0.15, 0.2) is 48.8 Å². The van der Waals surface area contributed by atoms with Gasteiger partial charge in [-0.1, -0.05) is 0 Å². The molecule has 0 saturated heterocycles. The lowest BCUT2D eigenvalue weighted by molar-refractivity contribution is 0.174. The Balaban J connectivity index is 1.63. The van der Waals surface area contributed by atoms with Gasteiger partial charge in [0.2, 0.25) is 12.7 Å². The van der Waals surface area contributed by atoms with Crippen molar-refractivity contribution in [2.75, 3.05) is 30.6 Å². The quantitative estimate of drug-likeness (QED) is 0.550. The first kappa shape index (κ1) is 17.0. The third-order valence-corrected chi connectivity index (χ3v) is 3.95. The van der Waals surface area contributed by atoms with Gasteiger partial charge < -0.3 is 25.2 Å². The van der Waals surface area contributed by atoms with Crippen LogP contribution in [0.1, 0.15) is 6.42 Å². The van der Waals surface area contributed by atoms with E-state index in [1.807, 2.05) is 36.4 Å². The first-order valence-corrected chi connectivity index (χ1v) is 8.63. The van der Waals surface area contributed by atoms with E-state index in [1.165, 1.54) is 0 Å². The van der Waals surface area contributed by atoms with Crippen LogP contribution in [0.3, 0.4) is 0 Å². The third kappa shape index (κ3) is 4.06. The van der Waals surface area contributed by atoms with Gasteiger partial charge in [0, 0.05) is 48.9 Å². The first-order chi connectivity index (χ1) is 13.3. The van der Waals surface area contributed by atoms with Gasteiger partial charge in [0.25, 0.3) is 0 Å². The molecule has 4 rings (SSSR count). The van der Waals surface area contributed by atoms with Crippen molar-refractivity contribution in [2.24, 2.45) is 0 Å². The molecule has 138 valence electrons. The third-order valence-electron chi connectivity index (χ3n) is 3.95. The standard InChI is InChI=1S/C19H19N5O3/c25-8-2-7-21-19-23-15(13-3-1-6-20-11-13)10-18(24-19)22-14-4-5-16-17(9-14)27-12-26-16/h1,3-6,9-11,25H,2,7-8,12H2,(H2,21,22,23,24). The van der Waals surface area contributed by atoms with Crippen LogP contribution in [0.5, 0.6) is 11.5 Å². The van der Waals surface area contributed by atoms with E-state index in [0.29, 0.717) is 30.5 Å². The van der Waals surface area contributed by atoms with Crippen LogP contribution in [0, 0.1) is 0 Å². The molecule has 0 atom stereocenters. The molecule has 0 fully saturated rings. The van der Waals surface area contributed by atoms with Gasteiger partial charge in [0.15, 0.2) is 11.5 Å². The van der Waals surface area contributed by atoms with Gasteiger partial charge in [-0.3, -0.25) is 4.98 Å². The molecule has 1 aromatic carbocycles. The maximum absolute atomic E-state index is 8.98. The summed E-state index contributed by atoms with van der Waals surface area (Å²) in [7, 11) is 0. The SMILES string of the molecule is OCCCNc1nc(Nc2ccc3c(c2)OCO3)cc(-c2cccnc2)n1. The predicted molar refractivity (Wildman–Crippen MR) is 101 cm³/mol. The number of rotatable bonds is 7. The average molecular weight is 365 g/mol. The van der Waals surface area contributed by atoms with Crippen molar-refractivity contribution in [1.82, 2.24) is 15.0 Å². The van der Waals surface area contributed by atoms with Gasteiger partial charge in [0.05, 0.1) is 5.69 Å². The predicted octanol–water partition coefficient (Wildman–Crippen LogP) is 2.81. The van der Waals surface area contributed by atoms with Crippen molar-refractivity contribution in [3.63, 3.8) is 0 Å². The van der Waals surface area contributed by atoms with Crippen molar-refractivity contribution in [3.8, 4) is 22.8 Å². The number of aromatic nitrogens is 3. The maximum Gasteiger partial charge on any atom is 0.231 e. The maximum atomic E-state index is 8.98. The van der Waals surface area contributed by atoms with Gasteiger partial charge in [0.1, 0.15) is 5.82 Å². The lowest BCUT2D eigenvalue weighted by atomic mass is 10.2. The van der Waals surface area contributed by atoms with E-state index in [4.69, 9.17) is 14.6 Å². The Morgan fingerprint density at radius 3 is 2.85 bits per heavy atom. The summed E-state index contributed by atoms with van der Waals surface area (Å²) in [5.41, 5.74) is 2.46. The van der Waals surface area contributed by atoms with Gasteiger partial charge in [-0.2, -0.15) is 4.98 Å². The summed E-state index contributed by atoms with van der Waals surface area (Å²) in [4.78, 5) is 13.2. The van der Waals surface area contributed by atoms with Crippen molar-refractivity contribution < 1.29 is 14.6 Å². The van der Waals surface area contributed by atoms with Gasteiger partial charge in [-0.15, -0.1) is 0 Å². The molecule has 8 nitrogen and oxygen atoms in total. The Kier molecular flexibility index (Phi) is 4.97. The largest absolute Gasteiger partial charge is 0.454 e. The summed E-state index contributed by atoms with van der Waals surface area (Å²) >= 11 is 0. The Morgan fingerprint density at radius 2 is 2.00 bits per heavy atom. The highest BCUT2D eigenvalue weighted by Crippen LogP contribution is 2.35. The van der Waals surface area contributed by atoms with Crippen molar-refractivity contribution >= 4 is 17.5 Å². The lowest BCUT2D eigenvalue weighted by Gasteiger charge is -2.11. The Morgan fingerprint density at radius 1 is 1.07 bits per heavy atom. The van der Waals surface area contributed by atoms with Crippen LogP contribution in [-0.2, 0) is 0 Å². The molecule has 27 heavy (non-hydrogen) atoms. The zero-order chi connectivity index (χ0) is 18.5. The summed E-state index contributed by atoms with van der Waals surface area (Å²) in [6.45, 7) is 0.921. The van der Waals surface area contributed by atoms with Crippen LogP contribution in [0.25, 0.3) is 11.3 Å². The highest BCUT2D eigenvalue weighted by Gasteiger charge is 2.14. The molecule has 0 aliphatic carbocycles. The van der Waals surface area contributed by atoms with Crippen molar-refractivity contribution in [3.05, 3.63) is 48.8 Å². The first-order valence-electron chi connectivity index (χ1n) is 8.63. The number of nitrogens with zero attached hydrogens (tertiary/aromatic N) is 3. The van der Waals surface area contributed by atoms with E-state index >= 15 is 0 Å². The summed E-state index contributed by atoms with van der Waals surface area (Å²) < 4.78 is 10.8. The Bertz CT molecular complexity index is 920. The highest BCUT2D eigenvalue weighted by atomic mass is 16.7. The fraction of sp³-hybridized carbons (Fsp3) is 0.211. The molecule has 1 aliphatic heterocycles. The normalized spacial score (nSPS) is 12.0. The minimum absolute atomic E-state index is 0.109. The minimum atomic E-state index is 0.109. The van der Waals surface area contributed by atoms with Crippen LogP contribution in [-0.4, -0.2) is 40.0 Å². The van der Waals surface area contributed by atoms with E-state index < -0.39 is 0 Å². The van der Waals surface area contributed by atoms with Crippen LogP contribution >= 0.6 is 0 Å². The fourth-order valence-electron chi connectivity index (χ4n) is 2.65. The number of benzene rings is 1. The van der Waals surface area contributed by atoms with Crippen molar-refractivity contribution in [1.29, 1.82) is 0 Å². The second kappa shape index (κ2) is 7.88. The molecule has 0 bridgehead atoms. The van der Waals surface area contributed by atoms with E-state index in [-0.39, 0.29) is 13.4 Å². The lowest BCUT2D eigenvalue weighted by Crippen LogP contribution is -2.08. The second-order valence-corrected chi connectivity index (χ2v) is 5.90. The molecule has 1 aliphatic rings. The number of ether oxygens (including phenoxy) is 2. The van der Waals surface area contributed by atoms with E-state index in [0.717, 1.165) is 22.7 Å². The van der Waals surface area contributed by atoms with Gasteiger partial charge in [-0.25, -0.2) is 4.98 Å². The molecule has 3 N–H and O–H groups in total. The molecule has 0 radical (unpaired) electrons. The zero-order valence-corrected chi connectivity index (χ0v) is 14.6. The molecule has 0 spiro atoms. The van der Waals surface area contributed by atoms with E-state index in [2.05, 4.69) is 25.6 Å². The highest BCUT2D eigenvalue weighted by molar-refractivity contribution is 5.68. The van der Waals surface area contributed by atoms with Crippen LogP contribution in [0.4, 0.5) is 17.5 Å². The molecular formula is C19H19N5O3. The van der Waals surface area contributed by atoms with Crippen molar-refractivity contribution in [2.45, 2.75) is 6.42 Å². The van der Waals surface area contributed by atoms with Gasteiger partial charge >= 0.3 is 0 Å². The summed E-state index contributed by atoms with van der Waals surface area (Å²) in [6.07, 6.45) is 4.09. The number of hydrogen-bond acceptors (Lipinski definition) is 8. The number of nitrogens with one attached hydrogen (secondary N) is 2. The zero-order valence-electron chi connectivity index (χ0n) is 14.6. The number of anilines is 3. The van der Waals surface area contributed by atoms with Gasteiger partial charge in [-0.05, 0) is 30.7 Å². The molecule has 0 amide bonds. The van der Waals surface area contributed by atoms with E-state index in [1.54, 1.807) is 12.4 Å². The summed E-state index contributed by atoms with van der Waals surface area (Å²) in [6, 6.07) is 11.3. The van der Waals surface area contributed by atoms with E-state index in [9.17, 15) is 0 Å². The Labute approximate surface area is 156 Å². The number of aliphatic hydroxyl groups excluding tert-OH is 1. The fourth-order valence-corrected chi connectivity index (χ4v) is 2.65. The smallest absolute Gasteiger partial charge is 0.231 e. The molecule has 8 heteroatoms. The monoisotopic (exact) mass is 365 g/mol. The van der Waals surface area contributed by atoms with Crippen LogP contribution in [0.2, 0.25) is 0 Å². The summed E-state index contributed by atoms with van der Waals surface area (Å²) in [5.74, 6) is 2.54. The summed E-state index contributed by atoms with van der Waals surface area (Å²) in [5, 5.41) is 15.4. The average Bonchev–Trinajstić information content (AvgIpc) is 3.17. The Hall–Kier alpha value is -3.39. The number of hydrogen-bond donors (Lipinski definition) is 3. The molecule has 0 saturated carbocycles. The topological polar surface area (TPSA) is 101 Å². The second-order valence-electron chi connectivity index (χ2n) is 5.90. The van der Waals surface area contributed by atoms with Crippen LogP contribution < -0.4 is 20.1 Å². The molecular weight excluding hydrogens is 346 g/mol. The molecule has 3 heterocycles. The molecule has 2 aromatic heterocycles. The number of pyridine rings is 1. The minimum Gasteiger partial charge on any atom is -0.454 e. The molecule has 3 aromatic rings. The number of aliphatic hydroxyl groups is 1. The molecule has 0 unspecified atom stereocenters.